The van der Waals surface area contributed by atoms with Gasteiger partial charge in [-0.3, -0.25) is 4.90 Å². The molecule has 0 amide bonds. The maximum Gasteiger partial charge on any atom is 0.0991 e. The molecule has 120 valence electrons. The first kappa shape index (κ1) is 14.5. The van der Waals surface area contributed by atoms with Crippen LogP contribution < -0.4 is 5.73 Å². The molecule has 0 bridgehead atoms. The minimum atomic E-state index is 0.571. The van der Waals surface area contributed by atoms with Crippen LogP contribution in [0.25, 0.3) is 16.6 Å². The van der Waals surface area contributed by atoms with E-state index in [1.54, 1.807) is 0 Å². The lowest BCUT2D eigenvalue weighted by Gasteiger charge is -2.22. The molecule has 1 fully saturated rings. The Balaban J connectivity index is 1.56. The molecule has 3 heterocycles. The number of hydrogen-bond donors (Lipinski definition) is 2. The van der Waals surface area contributed by atoms with Crippen LogP contribution >= 0.6 is 0 Å². The molecule has 0 spiro atoms. The van der Waals surface area contributed by atoms with Crippen molar-refractivity contribution in [1.82, 2.24) is 19.4 Å². The molecule has 1 aliphatic rings. The fourth-order valence-electron chi connectivity index (χ4n) is 3.67. The standard InChI is InChI=1S/C18H23N5/c19-11-16-2-1-7-22(16)8-5-14-12-21-18-4-3-15(10-17(14)18)23-9-6-20-13-23/h3-4,6,9-10,12-13,16,21H,1-2,5,7-8,11,19H2. The predicted molar refractivity (Wildman–Crippen MR) is 92.8 cm³/mol. The van der Waals surface area contributed by atoms with Gasteiger partial charge in [-0.2, -0.15) is 0 Å². The zero-order valence-electron chi connectivity index (χ0n) is 13.3. The van der Waals surface area contributed by atoms with Gasteiger partial charge < -0.3 is 15.3 Å². The lowest BCUT2D eigenvalue weighted by Crippen LogP contribution is -2.36. The van der Waals surface area contributed by atoms with Crippen LogP contribution in [0.1, 0.15) is 18.4 Å². The second-order valence-electron chi connectivity index (χ2n) is 6.33. The first-order chi connectivity index (χ1) is 11.3. The highest BCUT2D eigenvalue weighted by molar-refractivity contribution is 5.85. The zero-order chi connectivity index (χ0) is 15.6. The number of likely N-dealkylation sites (tertiary alicyclic amines) is 1. The molecule has 3 aromatic rings. The van der Waals surface area contributed by atoms with Crippen LogP contribution in [0.5, 0.6) is 0 Å². The van der Waals surface area contributed by atoms with E-state index in [-0.39, 0.29) is 0 Å². The predicted octanol–water partition coefficient (Wildman–Crippen LogP) is 2.32. The number of nitrogens with one attached hydrogen (secondary N) is 1. The molecule has 1 aromatic carbocycles. The van der Waals surface area contributed by atoms with Gasteiger partial charge in [-0.15, -0.1) is 0 Å². The summed E-state index contributed by atoms with van der Waals surface area (Å²) in [6, 6.07) is 7.08. The highest BCUT2D eigenvalue weighted by atomic mass is 15.2. The highest BCUT2D eigenvalue weighted by Crippen LogP contribution is 2.23. The fraction of sp³-hybridized carbons (Fsp3) is 0.389. The number of rotatable bonds is 5. The van der Waals surface area contributed by atoms with E-state index in [1.807, 2.05) is 23.3 Å². The minimum absolute atomic E-state index is 0.571. The Morgan fingerprint density at radius 2 is 2.30 bits per heavy atom. The normalized spacial score (nSPS) is 18.9. The number of imidazole rings is 1. The Bertz CT molecular complexity index is 774. The third-order valence-corrected chi connectivity index (χ3v) is 4.99. The molecule has 0 radical (unpaired) electrons. The molecule has 1 aliphatic heterocycles. The summed E-state index contributed by atoms with van der Waals surface area (Å²) in [6.45, 7) is 3.05. The molecule has 4 rings (SSSR count). The van der Waals surface area contributed by atoms with Crippen molar-refractivity contribution >= 4 is 10.9 Å². The summed E-state index contributed by atoms with van der Waals surface area (Å²) in [4.78, 5) is 10.1. The van der Waals surface area contributed by atoms with Crippen LogP contribution in [0.2, 0.25) is 0 Å². The molecule has 5 nitrogen and oxygen atoms in total. The van der Waals surface area contributed by atoms with Crippen molar-refractivity contribution in [2.45, 2.75) is 25.3 Å². The monoisotopic (exact) mass is 309 g/mol. The number of hydrogen-bond acceptors (Lipinski definition) is 3. The number of aromatic nitrogens is 3. The number of fused-ring (bicyclic) bond motifs is 1. The minimum Gasteiger partial charge on any atom is -0.361 e. The summed E-state index contributed by atoms with van der Waals surface area (Å²) < 4.78 is 2.04. The second-order valence-corrected chi connectivity index (χ2v) is 6.33. The van der Waals surface area contributed by atoms with Crippen LogP contribution in [0, 0.1) is 0 Å². The lowest BCUT2D eigenvalue weighted by atomic mass is 10.1. The van der Waals surface area contributed by atoms with Gasteiger partial charge in [0, 0.05) is 54.3 Å². The Hall–Kier alpha value is -2.11. The molecule has 2 aromatic heterocycles. The Morgan fingerprint density at radius 1 is 1.35 bits per heavy atom. The van der Waals surface area contributed by atoms with Crippen molar-refractivity contribution in [3.63, 3.8) is 0 Å². The second kappa shape index (κ2) is 6.18. The molecule has 0 aliphatic carbocycles. The summed E-state index contributed by atoms with van der Waals surface area (Å²) in [6.07, 6.45) is 11.4. The Morgan fingerprint density at radius 3 is 3.13 bits per heavy atom. The SMILES string of the molecule is NCC1CCCN1CCc1c[nH]c2ccc(-n3ccnc3)cc12. The van der Waals surface area contributed by atoms with E-state index in [1.165, 1.54) is 35.9 Å². The summed E-state index contributed by atoms with van der Waals surface area (Å²) in [7, 11) is 0. The van der Waals surface area contributed by atoms with E-state index in [0.717, 1.165) is 25.2 Å². The van der Waals surface area contributed by atoms with E-state index >= 15 is 0 Å². The summed E-state index contributed by atoms with van der Waals surface area (Å²) in [5.41, 5.74) is 9.61. The quantitative estimate of drug-likeness (QED) is 0.760. The molecule has 0 saturated carbocycles. The first-order valence-electron chi connectivity index (χ1n) is 8.37. The Labute approximate surface area is 136 Å². The largest absolute Gasteiger partial charge is 0.361 e. The first-order valence-corrected chi connectivity index (χ1v) is 8.37. The van der Waals surface area contributed by atoms with Crippen molar-refractivity contribution in [3.05, 3.63) is 48.7 Å². The van der Waals surface area contributed by atoms with E-state index in [2.05, 4.69) is 39.3 Å². The molecular formula is C18H23N5. The molecule has 1 atom stereocenters. The molecule has 1 saturated heterocycles. The number of H-pyrrole nitrogens is 1. The Kier molecular flexibility index (Phi) is 3.89. The molecular weight excluding hydrogens is 286 g/mol. The summed E-state index contributed by atoms with van der Waals surface area (Å²) in [5, 5.41) is 1.31. The number of aromatic amines is 1. The molecule has 5 heteroatoms. The molecule has 1 unspecified atom stereocenters. The average molecular weight is 309 g/mol. The van der Waals surface area contributed by atoms with Crippen molar-refractivity contribution in [2.75, 3.05) is 19.6 Å². The third kappa shape index (κ3) is 2.78. The van der Waals surface area contributed by atoms with Crippen LogP contribution in [0.4, 0.5) is 0 Å². The van der Waals surface area contributed by atoms with E-state index in [0.29, 0.717) is 6.04 Å². The summed E-state index contributed by atoms with van der Waals surface area (Å²) >= 11 is 0. The number of nitrogens with two attached hydrogens (primary N) is 1. The third-order valence-electron chi connectivity index (χ3n) is 4.99. The summed E-state index contributed by atoms with van der Waals surface area (Å²) in [5.74, 6) is 0. The van der Waals surface area contributed by atoms with Crippen LogP contribution in [0.15, 0.2) is 43.1 Å². The van der Waals surface area contributed by atoms with Crippen LogP contribution in [0.3, 0.4) is 0 Å². The molecule has 23 heavy (non-hydrogen) atoms. The average Bonchev–Trinajstić information content (AvgIpc) is 3.32. The van der Waals surface area contributed by atoms with Gasteiger partial charge in [0.05, 0.1) is 6.33 Å². The van der Waals surface area contributed by atoms with E-state index < -0.39 is 0 Å². The van der Waals surface area contributed by atoms with Crippen LogP contribution in [-0.2, 0) is 6.42 Å². The van der Waals surface area contributed by atoms with Crippen molar-refractivity contribution in [2.24, 2.45) is 5.73 Å². The van der Waals surface area contributed by atoms with Crippen molar-refractivity contribution < 1.29 is 0 Å². The number of benzene rings is 1. The topological polar surface area (TPSA) is 62.9 Å². The van der Waals surface area contributed by atoms with Gasteiger partial charge in [-0.1, -0.05) is 0 Å². The van der Waals surface area contributed by atoms with Crippen LogP contribution in [-0.4, -0.2) is 45.1 Å². The van der Waals surface area contributed by atoms with E-state index in [9.17, 15) is 0 Å². The highest BCUT2D eigenvalue weighted by Gasteiger charge is 2.22. The van der Waals surface area contributed by atoms with Gasteiger partial charge >= 0.3 is 0 Å². The fourth-order valence-corrected chi connectivity index (χ4v) is 3.67. The van der Waals surface area contributed by atoms with E-state index in [4.69, 9.17) is 5.73 Å². The molecule has 3 N–H and O–H groups in total. The van der Waals surface area contributed by atoms with Crippen molar-refractivity contribution in [3.8, 4) is 5.69 Å². The van der Waals surface area contributed by atoms with Gasteiger partial charge in [0.2, 0.25) is 0 Å². The van der Waals surface area contributed by atoms with Crippen molar-refractivity contribution in [1.29, 1.82) is 0 Å². The van der Waals surface area contributed by atoms with Gasteiger partial charge in [0.1, 0.15) is 0 Å². The smallest absolute Gasteiger partial charge is 0.0991 e. The van der Waals surface area contributed by atoms with Gasteiger partial charge in [-0.25, -0.2) is 4.98 Å². The van der Waals surface area contributed by atoms with Gasteiger partial charge in [0.15, 0.2) is 0 Å². The maximum atomic E-state index is 5.88. The zero-order valence-corrected chi connectivity index (χ0v) is 13.3. The van der Waals surface area contributed by atoms with Gasteiger partial charge in [-0.05, 0) is 49.6 Å². The van der Waals surface area contributed by atoms with Gasteiger partial charge in [0.25, 0.3) is 0 Å². The maximum absolute atomic E-state index is 5.88. The lowest BCUT2D eigenvalue weighted by molar-refractivity contribution is 0.262. The number of nitrogens with zero attached hydrogens (tertiary/aromatic N) is 3.